The number of rotatable bonds is 6. The van der Waals surface area contributed by atoms with Crippen LogP contribution >= 0.6 is 0 Å². The van der Waals surface area contributed by atoms with Gasteiger partial charge in [-0.3, -0.25) is 0 Å². The van der Waals surface area contributed by atoms with Crippen molar-refractivity contribution in [3.63, 3.8) is 0 Å². The van der Waals surface area contributed by atoms with E-state index in [1.807, 2.05) is 0 Å². The Bertz CT molecular complexity index is 841. The summed E-state index contributed by atoms with van der Waals surface area (Å²) in [6, 6.07) is 0. The van der Waals surface area contributed by atoms with Crippen LogP contribution in [-0.4, -0.2) is 151 Å². The molecule has 5 aliphatic rings. The Hall–Kier alpha value is -0.560. The molecule has 6 unspecified atom stereocenters. The van der Waals surface area contributed by atoms with Crippen LogP contribution in [0.4, 0.5) is 0 Å². The summed E-state index contributed by atoms with van der Waals surface area (Å²) in [7, 11) is 0. The summed E-state index contributed by atoms with van der Waals surface area (Å²) < 4.78 is 30.3. The van der Waals surface area contributed by atoms with Crippen molar-refractivity contribution in [2.45, 2.75) is 150 Å². The quantitative estimate of drug-likeness (QED) is 0.148. The highest BCUT2D eigenvalue weighted by Crippen LogP contribution is 2.44. The van der Waals surface area contributed by atoms with Crippen LogP contribution in [0.2, 0.25) is 0 Å². The number of hydrogen-bond donors (Lipinski definition) is 9. The second-order valence-corrected chi connectivity index (χ2v) is 12.5. The first-order chi connectivity index (χ1) is 19.5. The first-order valence-electron chi connectivity index (χ1n) is 14.8. The summed E-state index contributed by atoms with van der Waals surface area (Å²) >= 11 is 0. The van der Waals surface area contributed by atoms with Crippen LogP contribution in [0.25, 0.3) is 0 Å². The Kier molecular flexibility index (Phi) is 10.3. The van der Waals surface area contributed by atoms with Gasteiger partial charge in [0.2, 0.25) is 0 Å². The maximum absolute atomic E-state index is 10.7. The zero-order chi connectivity index (χ0) is 29.6. The molecular weight excluding hydrogens is 548 g/mol. The molecule has 5 rings (SSSR count). The molecule has 0 aromatic heterocycles. The molecule has 3 saturated heterocycles. The van der Waals surface area contributed by atoms with E-state index >= 15 is 0 Å². The molecule has 0 bridgehead atoms. The van der Waals surface area contributed by atoms with Crippen LogP contribution in [0.1, 0.15) is 51.9 Å². The fraction of sp³-hybridized carbons (Fsp3) is 1.00. The molecule has 0 amide bonds. The number of ether oxygens (including phenoxy) is 5. The van der Waals surface area contributed by atoms with Crippen molar-refractivity contribution in [3.8, 4) is 0 Å². The Labute approximate surface area is 238 Å². The van der Waals surface area contributed by atoms with Gasteiger partial charge in [0.05, 0.1) is 49.3 Å². The fourth-order valence-corrected chi connectivity index (χ4v) is 7.16. The number of fused-ring (bicyclic) bond motifs is 1. The lowest BCUT2D eigenvalue weighted by Crippen LogP contribution is -2.62. The molecule has 14 heteroatoms. The summed E-state index contributed by atoms with van der Waals surface area (Å²) in [4.78, 5) is 0. The SMILES string of the molecule is C[C@@H]1O[C@H](OC2CC3C(CC(O)CC3O[C@H]3O[C@@H](CO)[C@H](O)[C@H](O)[C@@H]3O)OC2C2CCC(O)CC2)[C@@H](O)[C@@H](O)[C@H]1O. The molecule has 16 atom stereocenters. The van der Waals surface area contributed by atoms with Gasteiger partial charge in [0.15, 0.2) is 12.6 Å². The maximum Gasteiger partial charge on any atom is 0.186 e. The highest BCUT2D eigenvalue weighted by atomic mass is 16.7. The minimum atomic E-state index is -1.62. The zero-order valence-corrected chi connectivity index (χ0v) is 23.1. The van der Waals surface area contributed by atoms with Crippen LogP contribution in [0, 0.1) is 11.8 Å². The topological polar surface area (TPSA) is 228 Å². The molecule has 0 aromatic rings. The van der Waals surface area contributed by atoms with Crippen LogP contribution in [-0.2, 0) is 23.7 Å². The van der Waals surface area contributed by atoms with Crippen molar-refractivity contribution < 1.29 is 69.6 Å². The summed E-state index contributed by atoms with van der Waals surface area (Å²) in [5.41, 5.74) is 0. The van der Waals surface area contributed by atoms with Crippen molar-refractivity contribution in [2.24, 2.45) is 11.8 Å². The van der Waals surface area contributed by atoms with Crippen LogP contribution in [0.15, 0.2) is 0 Å². The summed E-state index contributed by atoms with van der Waals surface area (Å²) in [6.45, 7) is 0.958. The highest BCUT2D eigenvalue weighted by molar-refractivity contribution is 4.99. The predicted octanol–water partition coefficient (Wildman–Crippen LogP) is -3.14. The van der Waals surface area contributed by atoms with E-state index in [-0.39, 0.29) is 18.3 Å². The van der Waals surface area contributed by atoms with E-state index < -0.39 is 105 Å². The third kappa shape index (κ3) is 6.61. The van der Waals surface area contributed by atoms with E-state index in [0.717, 1.165) is 0 Å². The molecule has 0 radical (unpaired) electrons. The van der Waals surface area contributed by atoms with E-state index in [1.54, 1.807) is 6.92 Å². The Balaban J connectivity index is 1.36. The van der Waals surface area contributed by atoms with Crippen molar-refractivity contribution >= 4 is 0 Å². The van der Waals surface area contributed by atoms with Crippen LogP contribution in [0.3, 0.4) is 0 Å². The molecule has 14 nitrogen and oxygen atoms in total. The molecule has 2 saturated carbocycles. The monoisotopic (exact) mass is 594 g/mol. The van der Waals surface area contributed by atoms with Crippen LogP contribution in [0.5, 0.6) is 0 Å². The van der Waals surface area contributed by atoms with Crippen molar-refractivity contribution in [1.82, 2.24) is 0 Å². The Morgan fingerprint density at radius 3 is 1.88 bits per heavy atom. The van der Waals surface area contributed by atoms with Gasteiger partial charge in [0.25, 0.3) is 0 Å². The maximum atomic E-state index is 10.7. The van der Waals surface area contributed by atoms with Crippen molar-refractivity contribution in [2.75, 3.05) is 6.61 Å². The molecule has 2 aliphatic carbocycles. The van der Waals surface area contributed by atoms with E-state index in [9.17, 15) is 46.0 Å². The van der Waals surface area contributed by atoms with Crippen molar-refractivity contribution in [3.05, 3.63) is 0 Å². The first kappa shape index (κ1) is 31.9. The molecule has 41 heavy (non-hydrogen) atoms. The number of aliphatic hydroxyl groups excluding tert-OH is 9. The molecule has 238 valence electrons. The van der Waals surface area contributed by atoms with Gasteiger partial charge in [-0.25, -0.2) is 0 Å². The van der Waals surface area contributed by atoms with Gasteiger partial charge in [-0.15, -0.1) is 0 Å². The lowest BCUT2D eigenvalue weighted by atomic mass is 9.73. The zero-order valence-electron chi connectivity index (χ0n) is 23.1. The van der Waals surface area contributed by atoms with E-state index in [4.69, 9.17) is 23.7 Å². The average molecular weight is 595 g/mol. The van der Waals surface area contributed by atoms with Gasteiger partial charge in [0.1, 0.15) is 42.7 Å². The van der Waals surface area contributed by atoms with Crippen LogP contribution < -0.4 is 0 Å². The second kappa shape index (κ2) is 13.2. The average Bonchev–Trinajstić information content (AvgIpc) is 2.95. The fourth-order valence-electron chi connectivity index (χ4n) is 7.16. The summed E-state index contributed by atoms with van der Waals surface area (Å²) in [5.74, 6) is -0.364. The molecule has 9 N–H and O–H groups in total. The lowest BCUT2D eigenvalue weighted by Gasteiger charge is -2.52. The van der Waals surface area contributed by atoms with Gasteiger partial charge in [-0.05, 0) is 51.4 Å². The lowest BCUT2D eigenvalue weighted by molar-refractivity contribution is -0.342. The van der Waals surface area contributed by atoms with Gasteiger partial charge in [0, 0.05) is 12.3 Å². The Morgan fingerprint density at radius 1 is 0.610 bits per heavy atom. The first-order valence-corrected chi connectivity index (χ1v) is 14.8. The van der Waals surface area contributed by atoms with Gasteiger partial charge < -0.3 is 69.6 Å². The van der Waals surface area contributed by atoms with E-state index in [1.165, 1.54) is 0 Å². The van der Waals surface area contributed by atoms with Gasteiger partial charge in [-0.2, -0.15) is 0 Å². The third-order valence-electron chi connectivity index (χ3n) is 9.65. The summed E-state index contributed by atoms with van der Waals surface area (Å²) in [5, 5.41) is 92.4. The largest absolute Gasteiger partial charge is 0.394 e. The van der Waals surface area contributed by atoms with Crippen molar-refractivity contribution in [1.29, 1.82) is 0 Å². The van der Waals surface area contributed by atoms with E-state index in [2.05, 4.69) is 0 Å². The molecule has 3 aliphatic heterocycles. The molecule has 0 aromatic carbocycles. The number of hydrogen-bond acceptors (Lipinski definition) is 14. The smallest absolute Gasteiger partial charge is 0.186 e. The third-order valence-corrected chi connectivity index (χ3v) is 9.65. The highest BCUT2D eigenvalue weighted by Gasteiger charge is 2.53. The molecule has 0 spiro atoms. The molecule has 3 heterocycles. The molecule has 5 fully saturated rings. The standard InChI is InChI=1S/C27H46O14/c1-10-19(31)21(33)23(35)26(37-10)40-17-8-14-15(38-25(17)11-2-4-12(29)5-3-11)6-13(30)7-16(14)39-27-24(36)22(34)20(32)18(9-28)41-27/h10-36H,2-9H2,1H3/t10-,11?,12?,13?,14?,15?,16?,17?,18-,19-,20-,21-,22-,23-,24-,25?,26+,27-/m0/s1. The minimum Gasteiger partial charge on any atom is -0.394 e. The second-order valence-electron chi connectivity index (χ2n) is 12.5. The van der Waals surface area contributed by atoms with E-state index in [0.29, 0.717) is 38.5 Å². The van der Waals surface area contributed by atoms with Gasteiger partial charge in [-0.1, -0.05) is 0 Å². The normalized spacial score (nSPS) is 54.9. The summed E-state index contributed by atoms with van der Waals surface area (Å²) in [6.07, 6.45) is -13.7. The minimum absolute atomic E-state index is 0.0157. The predicted molar refractivity (Wildman–Crippen MR) is 136 cm³/mol. The molecular formula is C27H46O14. The Morgan fingerprint density at radius 2 is 1.22 bits per heavy atom. The van der Waals surface area contributed by atoms with Gasteiger partial charge >= 0.3 is 0 Å². The number of aliphatic hydroxyl groups is 9.